The lowest BCUT2D eigenvalue weighted by Crippen LogP contribution is -2.32. The molecule has 1 amide bonds. The maximum atomic E-state index is 13.7. The van der Waals surface area contributed by atoms with Gasteiger partial charge in [0.2, 0.25) is 0 Å². The Morgan fingerprint density at radius 2 is 1.89 bits per heavy atom. The van der Waals surface area contributed by atoms with Gasteiger partial charge in [0.05, 0.1) is 11.3 Å². The summed E-state index contributed by atoms with van der Waals surface area (Å²) in [6.45, 7) is 3.55. The fourth-order valence-corrected chi connectivity index (χ4v) is 2.10. The molecule has 1 aliphatic heterocycles. The molecule has 0 spiro atoms. The molecule has 0 saturated carbocycles. The summed E-state index contributed by atoms with van der Waals surface area (Å²) in [6.07, 6.45) is 0.558. The van der Waals surface area contributed by atoms with E-state index in [1.807, 2.05) is 6.92 Å². The van der Waals surface area contributed by atoms with Gasteiger partial charge in [-0.05, 0) is 31.6 Å². The van der Waals surface area contributed by atoms with Gasteiger partial charge in [-0.2, -0.15) is 0 Å². The fourth-order valence-electron chi connectivity index (χ4n) is 2.10. The molecule has 1 N–H and O–H groups in total. The standard InChI is InChI=1S/C13H14F2N2O2/c1-2-16-6-3-7-17-11-9(15)5-4-8(14)10(11)12(18)13(17)19/h4-5,16H,2-3,6-7H2,1H3. The molecule has 1 aliphatic rings. The predicted molar refractivity (Wildman–Crippen MR) is 66.2 cm³/mol. The number of ketones is 1. The summed E-state index contributed by atoms with van der Waals surface area (Å²) in [5, 5.41) is 3.06. The molecule has 0 radical (unpaired) electrons. The van der Waals surface area contributed by atoms with E-state index in [2.05, 4.69) is 5.32 Å². The van der Waals surface area contributed by atoms with Crippen LogP contribution in [0.5, 0.6) is 0 Å². The van der Waals surface area contributed by atoms with Crippen LogP contribution in [0, 0.1) is 11.6 Å². The monoisotopic (exact) mass is 268 g/mol. The molecular formula is C13H14F2N2O2. The largest absolute Gasteiger partial charge is 0.317 e. The lowest BCUT2D eigenvalue weighted by atomic mass is 10.1. The van der Waals surface area contributed by atoms with Gasteiger partial charge in [-0.15, -0.1) is 0 Å². The number of fused-ring (bicyclic) bond motifs is 1. The van der Waals surface area contributed by atoms with Gasteiger partial charge >= 0.3 is 0 Å². The molecule has 0 bridgehead atoms. The van der Waals surface area contributed by atoms with Crippen molar-refractivity contribution in [2.75, 3.05) is 24.5 Å². The highest BCUT2D eigenvalue weighted by molar-refractivity contribution is 6.52. The third-order valence-corrected chi connectivity index (χ3v) is 3.00. The number of nitrogens with one attached hydrogen (secondary N) is 1. The van der Waals surface area contributed by atoms with Crippen molar-refractivity contribution in [3.63, 3.8) is 0 Å². The minimum atomic E-state index is -0.976. The summed E-state index contributed by atoms with van der Waals surface area (Å²) in [7, 11) is 0. The highest BCUT2D eigenvalue weighted by Crippen LogP contribution is 2.33. The second-order valence-electron chi connectivity index (χ2n) is 4.25. The van der Waals surface area contributed by atoms with E-state index in [4.69, 9.17) is 0 Å². The van der Waals surface area contributed by atoms with Crippen LogP contribution in [-0.4, -0.2) is 31.3 Å². The van der Waals surface area contributed by atoms with Crippen molar-refractivity contribution in [1.29, 1.82) is 0 Å². The highest BCUT2D eigenvalue weighted by Gasteiger charge is 2.40. The number of Topliss-reactive ketones (excluding diaryl/α,β-unsaturated/α-hetero) is 1. The number of amides is 1. The van der Waals surface area contributed by atoms with Crippen LogP contribution in [0.2, 0.25) is 0 Å². The summed E-state index contributed by atoms with van der Waals surface area (Å²) in [4.78, 5) is 24.4. The van der Waals surface area contributed by atoms with Crippen molar-refractivity contribution in [1.82, 2.24) is 5.32 Å². The van der Waals surface area contributed by atoms with Crippen LogP contribution in [0.25, 0.3) is 0 Å². The first-order valence-corrected chi connectivity index (χ1v) is 6.12. The number of hydrogen-bond acceptors (Lipinski definition) is 3. The topological polar surface area (TPSA) is 49.4 Å². The Bertz CT molecular complexity index is 532. The van der Waals surface area contributed by atoms with Crippen molar-refractivity contribution in [3.05, 3.63) is 29.3 Å². The minimum Gasteiger partial charge on any atom is -0.317 e. The molecule has 0 saturated heterocycles. The molecule has 0 aromatic heterocycles. The molecule has 0 unspecified atom stereocenters. The van der Waals surface area contributed by atoms with Crippen LogP contribution in [0.1, 0.15) is 23.7 Å². The zero-order valence-electron chi connectivity index (χ0n) is 10.5. The van der Waals surface area contributed by atoms with E-state index in [0.717, 1.165) is 23.6 Å². The van der Waals surface area contributed by atoms with E-state index in [1.54, 1.807) is 0 Å². The lowest BCUT2D eigenvalue weighted by molar-refractivity contribution is -0.114. The minimum absolute atomic E-state index is 0.185. The average molecular weight is 268 g/mol. The van der Waals surface area contributed by atoms with Crippen LogP contribution in [-0.2, 0) is 4.79 Å². The third-order valence-electron chi connectivity index (χ3n) is 3.00. The van der Waals surface area contributed by atoms with E-state index in [-0.39, 0.29) is 12.2 Å². The Balaban J connectivity index is 2.26. The zero-order chi connectivity index (χ0) is 14.0. The van der Waals surface area contributed by atoms with E-state index >= 15 is 0 Å². The number of carbonyl (C=O) groups excluding carboxylic acids is 2. The molecule has 1 aromatic rings. The molecule has 6 heteroatoms. The Hall–Kier alpha value is -1.82. The second-order valence-corrected chi connectivity index (χ2v) is 4.25. The van der Waals surface area contributed by atoms with Crippen LogP contribution in [0.3, 0.4) is 0 Å². The maximum absolute atomic E-state index is 13.7. The van der Waals surface area contributed by atoms with Crippen molar-refractivity contribution < 1.29 is 18.4 Å². The van der Waals surface area contributed by atoms with Crippen LogP contribution in [0.4, 0.5) is 14.5 Å². The van der Waals surface area contributed by atoms with Gasteiger partial charge in [0.15, 0.2) is 0 Å². The van der Waals surface area contributed by atoms with Gasteiger partial charge in [0, 0.05) is 6.54 Å². The number of hydrogen-bond donors (Lipinski definition) is 1. The summed E-state index contributed by atoms with van der Waals surface area (Å²) in [5.74, 6) is -3.45. The quantitative estimate of drug-likeness (QED) is 0.650. The Morgan fingerprint density at radius 3 is 2.58 bits per heavy atom. The molecule has 2 rings (SSSR count). The molecular weight excluding hydrogens is 254 g/mol. The average Bonchev–Trinajstić information content (AvgIpc) is 2.65. The molecule has 0 aliphatic carbocycles. The van der Waals surface area contributed by atoms with Gasteiger partial charge in [-0.1, -0.05) is 6.92 Å². The number of nitrogens with zero attached hydrogens (tertiary/aromatic N) is 1. The first-order chi connectivity index (χ1) is 9.07. The van der Waals surface area contributed by atoms with Crippen molar-refractivity contribution >= 4 is 17.4 Å². The molecule has 0 atom stereocenters. The Morgan fingerprint density at radius 1 is 1.21 bits per heavy atom. The smallest absolute Gasteiger partial charge is 0.299 e. The summed E-state index contributed by atoms with van der Waals surface area (Å²) in [6, 6.07) is 1.79. The molecule has 1 aromatic carbocycles. The molecule has 1 heterocycles. The summed E-state index contributed by atoms with van der Waals surface area (Å²) in [5.41, 5.74) is -0.681. The molecule has 4 nitrogen and oxygen atoms in total. The molecule has 0 fully saturated rings. The van der Waals surface area contributed by atoms with E-state index in [1.165, 1.54) is 0 Å². The van der Waals surface area contributed by atoms with Crippen molar-refractivity contribution in [2.24, 2.45) is 0 Å². The van der Waals surface area contributed by atoms with Crippen LogP contribution < -0.4 is 10.2 Å². The second kappa shape index (κ2) is 5.44. The first kappa shape index (κ1) is 13.6. The van der Waals surface area contributed by atoms with Gasteiger partial charge in [0.25, 0.3) is 11.7 Å². The Labute approximate surface area is 109 Å². The maximum Gasteiger partial charge on any atom is 0.299 e. The number of rotatable bonds is 5. The summed E-state index contributed by atoms with van der Waals surface area (Å²) < 4.78 is 27.2. The van der Waals surface area contributed by atoms with Gasteiger partial charge < -0.3 is 10.2 Å². The van der Waals surface area contributed by atoms with Gasteiger partial charge in [0.1, 0.15) is 11.6 Å². The molecule has 102 valence electrons. The van der Waals surface area contributed by atoms with E-state index in [9.17, 15) is 18.4 Å². The lowest BCUT2D eigenvalue weighted by Gasteiger charge is -2.16. The number of benzene rings is 1. The fraction of sp³-hybridized carbons (Fsp3) is 0.385. The number of anilines is 1. The SMILES string of the molecule is CCNCCCN1C(=O)C(=O)c2c(F)ccc(F)c21. The van der Waals surface area contributed by atoms with E-state index in [0.29, 0.717) is 13.0 Å². The van der Waals surface area contributed by atoms with Gasteiger partial charge in [-0.3, -0.25) is 9.59 Å². The zero-order valence-corrected chi connectivity index (χ0v) is 10.5. The van der Waals surface area contributed by atoms with Crippen molar-refractivity contribution in [3.8, 4) is 0 Å². The van der Waals surface area contributed by atoms with Gasteiger partial charge in [-0.25, -0.2) is 8.78 Å². The Kier molecular flexibility index (Phi) is 3.90. The van der Waals surface area contributed by atoms with E-state index < -0.39 is 28.9 Å². The molecule has 19 heavy (non-hydrogen) atoms. The number of halogens is 2. The normalized spacial score (nSPS) is 14.2. The first-order valence-electron chi connectivity index (χ1n) is 6.12. The van der Waals surface area contributed by atoms with Crippen LogP contribution >= 0.6 is 0 Å². The predicted octanol–water partition coefficient (Wildman–Crippen LogP) is 1.49. The van der Waals surface area contributed by atoms with Crippen LogP contribution in [0.15, 0.2) is 12.1 Å². The van der Waals surface area contributed by atoms with Crippen molar-refractivity contribution in [2.45, 2.75) is 13.3 Å². The third kappa shape index (κ3) is 2.35. The summed E-state index contributed by atoms with van der Waals surface area (Å²) >= 11 is 0. The highest BCUT2D eigenvalue weighted by atomic mass is 19.1. The number of carbonyl (C=O) groups is 2.